The highest BCUT2D eigenvalue weighted by molar-refractivity contribution is 5.72. The van der Waals surface area contributed by atoms with E-state index in [1.807, 2.05) is 11.7 Å². The van der Waals surface area contributed by atoms with Gasteiger partial charge in [0.2, 0.25) is 0 Å². The lowest BCUT2D eigenvalue weighted by molar-refractivity contribution is 0.740. The lowest BCUT2D eigenvalue weighted by Crippen LogP contribution is -2.02. The molecule has 1 aromatic heterocycles. The number of aromatic nitrogens is 2. The minimum Gasteiger partial charge on any atom is -0.394 e. The van der Waals surface area contributed by atoms with Crippen LogP contribution < -0.4 is 11.1 Å². The fourth-order valence-electron chi connectivity index (χ4n) is 2.25. The molecule has 4 heteroatoms. The highest BCUT2D eigenvalue weighted by Crippen LogP contribution is 2.28. The number of nitrogen functional groups attached to an aromatic ring is 1. The van der Waals surface area contributed by atoms with Gasteiger partial charge in [0.15, 0.2) is 5.82 Å². The van der Waals surface area contributed by atoms with Crippen molar-refractivity contribution in [2.45, 2.75) is 33.6 Å². The van der Waals surface area contributed by atoms with Gasteiger partial charge < -0.3 is 11.1 Å². The number of benzene rings is 1. The molecular formula is C15H22N4. The summed E-state index contributed by atoms with van der Waals surface area (Å²) >= 11 is 0. The Morgan fingerprint density at radius 3 is 2.68 bits per heavy atom. The number of hydrogen-bond acceptors (Lipinski definition) is 3. The van der Waals surface area contributed by atoms with Crippen molar-refractivity contribution in [3.63, 3.8) is 0 Å². The average molecular weight is 258 g/mol. The summed E-state index contributed by atoms with van der Waals surface area (Å²) in [6, 6.07) is 6.33. The number of anilines is 3. The summed E-state index contributed by atoms with van der Waals surface area (Å²) in [5.41, 5.74) is 11.4. The molecule has 0 amide bonds. The van der Waals surface area contributed by atoms with Gasteiger partial charge in [-0.1, -0.05) is 31.0 Å². The number of hydrogen-bond donors (Lipinski definition) is 2. The van der Waals surface area contributed by atoms with E-state index in [2.05, 4.69) is 49.4 Å². The molecule has 2 rings (SSSR count). The highest BCUT2D eigenvalue weighted by Gasteiger charge is 2.13. The summed E-state index contributed by atoms with van der Waals surface area (Å²) in [6.07, 6.45) is 1.96. The van der Waals surface area contributed by atoms with Crippen LogP contribution in [0.15, 0.2) is 18.2 Å². The van der Waals surface area contributed by atoms with Gasteiger partial charge >= 0.3 is 0 Å². The van der Waals surface area contributed by atoms with Crippen molar-refractivity contribution in [1.82, 2.24) is 9.78 Å². The van der Waals surface area contributed by atoms with Crippen LogP contribution in [0.3, 0.4) is 0 Å². The number of nitrogens with two attached hydrogens (primary N) is 1. The summed E-state index contributed by atoms with van der Waals surface area (Å²) in [5, 5.41) is 7.86. The van der Waals surface area contributed by atoms with Gasteiger partial charge in [-0.15, -0.1) is 0 Å². The lowest BCUT2D eigenvalue weighted by atomic mass is 10.1. The molecule has 2 aromatic rings. The third-order valence-electron chi connectivity index (χ3n) is 3.28. The predicted octanol–water partition coefficient (Wildman–Crippen LogP) is 3.32. The van der Waals surface area contributed by atoms with Crippen LogP contribution in [0, 0.1) is 13.8 Å². The van der Waals surface area contributed by atoms with E-state index in [1.165, 1.54) is 11.1 Å². The molecule has 0 unspecified atom stereocenters. The Bertz CT molecular complexity index is 584. The molecule has 0 aliphatic heterocycles. The molecule has 0 spiro atoms. The second kappa shape index (κ2) is 5.34. The summed E-state index contributed by atoms with van der Waals surface area (Å²) in [5.74, 6) is 0.871. The van der Waals surface area contributed by atoms with Crippen LogP contribution in [0.5, 0.6) is 0 Å². The van der Waals surface area contributed by atoms with Crippen LogP contribution in [0.4, 0.5) is 17.2 Å². The monoisotopic (exact) mass is 258 g/mol. The Labute approximate surface area is 114 Å². The second-order valence-electron chi connectivity index (χ2n) is 5.03. The Kier molecular flexibility index (Phi) is 3.79. The minimum atomic E-state index is 0.754. The van der Waals surface area contributed by atoms with Gasteiger partial charge in [-0.2, -0.15) is 5.10 Å². The molecule has 19 heavy (non-hydrogen) atoms. The third-order valence-corrected chi connectivity index (χ3v) is 3.28. The standard InChI is InChI=1S/C15H22N4/c1-5-6-13-14(16)15(19(4)18-13)17-12-8-7-10(2)9-11(12)3/h7-9,17H,5-6,16H2,1-4H3. The summed E-state index contributed by atoms with van der Waals surface area (Å²) in [7, 11) is 1.92. The van der Waals surface area contributed by atoms with E-state index < -0.39 is 0 Å². The van der Waals surface area contributed by atoms with Crippen LogP contribution in [0.1, 0.15) is 30.2 Å². The van der Waals surface area contributed by atoms with Gasteiger partial charge in [-0.05, 0) is 31.9 Å². The molecule has 1 aromatic carbocycles. The van der Waals surface area contributed by atoms with Gasteiger partial charge in [0.25, 0.3) is 0 Å². The Morgan fingerprint density at radius 1 is 1.32 bits per heavy atom. The maximum Gasteiger partial charge on any atom is 0.152 e. The Balaban J connectivity index is 2.33. The molecule has 0 aliphatic rings. The average Bonchev–Trinajstić information content (AvgIpc) is 2.60. The lowest BCUT2D eigenvalue weighted by Gasteiger charge is -2.11. The molecule has 0 saturated heterocycles. The van der Waals surface area contributed by atoms with Crippen molar-refractivity contribution in [2.24, 2.45) is 7.05 Å². The van der Waals surface area contributed by atoms with Crippen molar-refractivity contribution in [1.29, 1.82) is 0 Å². The predicted molar refractivity (Wildman–Crippen MR) is 80.8 cm³/mol. The number of nitrogens with zero attached hydrogens (tertiary/aromatic N) is 2. The second-order valence-corrected chi connectivity index (χ2v) is 5.03. The largest absolute Gasteiger partial charge is 0.394 e. The van der Waals surface area contributed by atoms with Crippen LogP contribution >= 0.6 is 0 Å². The summed E-state index contributed by atoms with van der Waals surface area (Å²) in [4.78, 5) is 0. The molecule has 0 bridgehead atoms. The van der Waals surface area contributed by atoms with Crippen molar-refractivity contribution < 1.29 is 0 Å². The van der Waals surface area contributed by atoms with E-state index in [1.54, 1.807) is 0 Å². The molecule has 0 radical (unpaired) electrons. The maximum atomic E-state index is 6.17. The van der Waals surface area contributed by atoms with Gasteiger partial charge in [0.05, 0.1) is 11.4 Å². The first-order valence-corrected chi connectivity index (χ1v) is 6.68. The van der Waals surface area contributed by atoms with Crippen LogP contribution in [-0.2, 0) is 13.5 Å². The zero-order valence-electron chi connectivity index (χ0n) is 12.1. The third kappa shape index (κ3) is 2.72. The molecule has 102 valence electrons. The molecule has 0 fully saturated rings. The van der Waals surface area contributed by atoms with Crippen LogP contribution in [-0.4, -0.2) is 9.78 Å². The quantitative estimate of drug-likeness (QED) is 0.884. The van der Waals surface area contributed by atoms with E-state index in [0.29, 0.717) is 0 Å². The normalized spacial score (nSPS) is 10.7. The van der Waals surface area contributed by atoms with Crippen molar-refractivity contribution in [3.05, 3.63) is 35.0 Å². The van der Waals surface area contributed by atoms with Crippen LogP contribution in [0.2, 0.25) is 0 Å². The molecule has 0 saturated carbocycles. The van der Waals surface area contributed by atoms with E-state index in [4.69, 9.17) is 5.73 Å². The Morgan fingerprint density at radius 2 is 2.05 bits per heavy atom. The van der Waals surface area contributed by atoms with Gasteiger partial charge in [0, 0.05) is 12.7 Å². The van der Waals surface area contributed by atoms with E-state index >= 15 is 0 Å². The fraction of sp³-hybridized carbons (Fsp3) is 0.400. The SMILES string of the molecule is CCCc1nn(C)c(Nc2ccc(C)cc2C)c1N. The maximum absolute atomic E-state index is 6.17. The number of aryl methyl sites for hydroxylation is 4. The highest BCUT2D eigenvalue weighted by atomic mass is 15.3. The Hall–Kier alpha value is -1.97. The first-order valence-electron chi connectivity index (χ1n) is 6.68. The first kappa shape index (κ1) is 13.5. The zero-order valence-corrected chi connectivity index (χ0v) is 12.1. The van der Waals surface area contributed by atoms with Crippen molar-refractivity contribution in [2.75, 3.05) is 11.1 Å². The molecule has 0 atom stereocenters. The zero-order chi connectivity index (χ0) is 14.0. The van der Waals surface area contributed by atoms with E-state index in [0.717, 1.165) is 35.7 Å². The van der Waals surface area contributed by atoms with Gasteiger partial charge in [-0.3, -0.25) is 4.68 Å². The topological polar surface area (TPSA) is 55.9 Å². The number of rotatable bonds is 4. The smallest absolute Gasteiger partial charge is 0.152 e. The minimum absolute atomic E-state index is 0.754. The number of nitrogens with one attached hydrogen (secondary N) is 1. The summed E-state index contributed by atoms with van der Waals surface area (Å²) < 4.78 is 1.82. The van der Waals surface area contributed by atoms with Crippen molar-refractivity contribution in [3.8, 4) is 0 Å². The van der Waals surface area contributed by atoms with E-state index in [-0.39, 0.29) is 0 Å². The summed E-state index contributed by atoms with van der Waals surface area (Å²) in [6.45, 7) is 6.31. The molecule has 3 N–H and O–H groups in total. The molecule has 0 aliphatic carbocycles. The first-order chi connectivity index (χ1) is 9.02. The van der Waals surface area contributed by atoms with Gasteiger partial charge in [-0.25, -0.2) is 0 Å². The molecular weight excluding hydrogens is 236 g/mol. The molecule has 4 nitrogen and oxygen atoms in total. The van der Waals surface area contributed by atoms with E-state index in [9.17, 15) is 0 Å². The van der Waals surface area contributed by atoms with Crippen LogP contribution in [0.25, 0.3) is 0 Å². The molecule has 1 heterocycles. The van der Waals surface area contributed by atoms with Gasteiger partial charge in [0.1, 0.15) is 0 Å². The van der Waals surface area contributed by atoms with Crippen molar-refractivity contribution >= 4 is 17.2 Å². The fourth-order valence-corrected chi connectivity index (χ4v) is 2.25.